The Labute approximate surface area is 136 Å². The summed E-state index contributed by atoms with van der Waals surface area (Å²) in [4.78, 5) is 21.3. The first kappa shape index (κ1) is 17.7. The quantitative estimate of drug-likeness (QED) is 0.828. The van der Waals surface area contributed by atoms with E-state index in [1.54, 1.807) is 6.07 Å². The van der Waals surface area contributed by atoms with Crippen LogP contribution < -0.4 is 0 Å². The van der Waals surface area contributed by atoms with Gasteiger partial charge < -0.3 is 5.11 Å². The minimum atomic E-state index is -3.56. The van der Waals surface area contributed by atoms with Crippen molar-refractivity contribution in [3.05, 3.63) is 18.0 Å². The molecule has 0 bridgehead atoms. The summed E-state index contributed by atoms with van der Waals surface area (Å²) in [6, 6.07) is 1.63. The molecule has 2 rings (SSSR count). The second-order valence-electron chi connectivity index (χ2n) is 7.00. The Morgan fingerprint density at radius 3 is 2.52 bits per heavy atom. The van der Waals surface area contributed by atoms with Crippen LogP contribution in [0.5, 0.6) is 0 Å². The van der Waals surface area contributed by atoms with Gasteiger partial charge in [-0.15, -0.1) is 0 Å². The van der Waals surface area contributed by atoms with Crippen LogP contribution in [0.25, 0.3) is 0 Å². The van der Waals surface area contributed by atoms with Crippen molar-refractivity contribution in [2.45, 2.75) is 50.7 Å². The van der Waals surface area contributed by atoms with Gasteiger partial charge in [-0.3, -0.25) is 4.90 Å². The molecule has 0 spiro atoms. The number of carbonyl (C=O) groups is 1. The predicted octanol–water partition coefficient (Wildman–Crippen LogP) is 2.29. The highest BCUT2D eigenvalue weighted by Crippen LogP contribution is 2.49. The lowest BCUT2D eigenvalue weighted by Crippen LogP contribution is -2.59. The molecule has 1 atom stereocenters. The van der Waals surface area contributed by atoms with E-state index in [0.717, 1.165) is 19.1 Å². The summed E-state index contributed by atoms with van der Waals surface area (Å²) in [5.74, 6) is 0. The Bertz CT molecular complexity index is 712. The van der Waals surface area contributed by atoms with Gasteiger partial charge in [-0.1, -0.05) is 20.8 Å². The average Bonchev–Trinajstić information content (AvgIpc) is 2.45. The van der Waals surface area contributed by atoms with E-state index < -0.39 is 26.9 Å². The molecule has 8 heteroatoms. The number of rotatable bonds is 2. The van der Waals surface area contributed by atoms with E-state index in [9.17, 15) is 18.3 Å². The number of hydrogen-bond acceptors (Lipinski definition) is 5. The summed E-state index contributed by atoms with van der Waals surface area (Å²) >= 11 is 0. The van der Waals surface area contributed by atoms with Crippen molar-refractivity contribution in [1.29, 1.82) is 0 Å². The molecule has 1 N–H and O–H groups in total. The Morgan fingerprint density at radius 1 is 1.35 bits per heavy atom. The van der Waals surface area contributed by atoms with Crippen molar-refractivity contribution in [2.75, 3.05) is 12.8 Å². The third kappa shape index (κ3) is 3.04. The number of hydrogen-bond donors (Lipinski definition) is 1. The van der Waals surface area contributed by atoms with Crippen LogP contribution in [-0.4, -0.2) is 47.3 Å². The highest BCUT2D eigenvalue weighted by molar-refractivity contribution is 7.90. The third-order valence-corrected chi connectivity index (χ3v) is 5.35. The lowest BCUT2D eigenvalue weighted by molar-refractivity contribution is -0.0327. The van der Waals surface area contributed by atoms with Crippen LogP contribution in [0.1, 0.15) is 45.7 Å². The third-order valence-electron chi connectivity index (χ3n) is 4.49. The Kier molecular flexibility index (Phi) is 4.40. The van der Waals surface area contributed by atoms with Gasteiger partial charge in [-0.05, 0) is 30.7 Å². The number of amides is 1. The monoisotopic (exact) mass is 341 g/mol. The molecule has 1 saturated heterocycles. The molecule has 2 heterocycles. The molecule has 128 valence electrons. The number of aromatic nitrogens is 2. The molecule has 0 saturated carbocycles. The van der Waals surface area contributed by atoms with Gasteiger partial charge in [0.15, 0.2) is 0 Å². The van der Waals surface area contributed by atoms with E-state index in [4.69, 9.17) is 0 Å². The standard InChI is InChI=1S/C15H23N3O4S/c1-14(2,3)15(8-5-6-10-18(15)13(19)20)11-7-9-16-12(17-11)23(4,21)22/h7,9H,5-6,8,10H2,1-4H3,(H,19,20). The summed E-state index contributed by atoms with van der Waals surface area (Å²) in [5.41, 5.74) is -0.878. The van der Waals surface area contributed by atoms with Crippen LogP contribution in [0, 0.1) is 5.41 Å². The molecule has 0 radical (unpaired) electrons. The summed E-state index contributed by atoms with van der Waals surface area (Å²) in [6.45, 7) is 6.27. The Hall–Kier alpha value is -1.70. The second kappa shape index (κ2) is 5.74. The van der Waals surface area contributed by atoms with E-state index in [0.29, 0.717) is 18.7 Å². The fourth-order valence-electron chi connectivity index (χ4n) is 3.42. The van der Waals surface area contributed by atoms with Crippen LogP contribution >= 0.6 is 0 Å². The normalized spacial score (nSPS) is 22.9. The van der Waals surface area contributed by atoms with Crippen molar-refractivity contribution < 1.29 is 18.3 Å². The predicted molar refractivity (Wildman–Crippen MR) is 84.9 cm³/mol. The molecule has 1 aliphatic heterocycles. The minimum Gasteiger partial charge on any atom is -0.465 e. The number of sulfone groups is 1. The molecule has 0 aromatic carbocycles. The summed E-state index contributed by atoms with van der Waals surface area (Å²) in [7, 11) is -3.56. The molecule has 7 nitrogen and oxygen atoms in total. The van der Waals surface area contributed by atoms with Crippen molar-refractivity contribution in [1.82, 2.24) is 14.9 Å². The summed E-state index contributed by atoms with van der Waals surface area (Å²) in [5, 5.41) is 9.42. The number of piperidine rings is 1. The van der Waals surface area contributed by atoms with E-state index in [-0.39, 0.29) is 5.16 Å². The van der Waals surface area contributed by atoms with Crippen LogP contribution in [-0.2, 0) is 15.4 Å². The van der Waals surface area contributed by atoms with Gasteiger partial charge in [0.25, 0.3) is 0 Å². The SMILES string of the molecule is CC(C)(C)C1(c2ccnc(S(C)(=O)=O)n2)CCCCN1C(=O)O. The van der Waals surface area contributed by atoms with Gasteiger partial charge >= 0.3 is 6.09 Å². The molecule has 1 aromatic rings. The zero-order valence-electron chi connectivity index (χ0n) is 13.9. The molecular weight excluding hydrogens is 318 g/mol. The smallest absolute Gasteiger partial charge is 0.408 e. The van der Waals surface area contributed by atoms with Gasteiger partial charge in [-0.2, -0.15) is 0 Å². The van der Waals surface area contributed by atoms with Gasteiger partial charge in [0.2, 0.25) is 15.0 Å². The molecule has 1 aromatic heterocycles. The van der Waals surface area contributed by atoms with Crippen molar-refractivity contribution in [2.24, 2.45) is 5.41 Å². The minimum absolute atomic E-state index is 0.269. The van der Waals surface area contributed by atoms with E-state index in [2.05, 4.69) is 9.97 Å². The lowest BCUT2D eigenvalue weighted by atomic mass is 9.66. The first-order valence-electron chi connectivity index (χ1n) is 7.54. The maximum atomic E-state index is 11.8. The zero-order valence-corrected chi connectivity index (χ0v) is 14.7. The topological polar surface area (TPSA) is 100 Å². The summed E-state index contributed by atoms with van der Waals surface area (Å²) in [6.07, 6.45) is 3.67. The summed E-state index contributed by atoms with van der Waals surface area (Å²) < 4.78 is 23.6. The molecule has 1 amide bonds. The molecular formula is C15H23N3O4S. The van der Waals surface area contributed by atoms with Crippen molar-refractivity contribution in [3.63, 3.8) is 0 Å². The van der Waals surface area contributed by atoms with Crippen molar-refractivity contribution >= 4 is 15.9 Å². The fraction of sp³-hybridized carbons (Fsp3) is 0.667. The highest BCUT2D eigenvalue weighted by Gasteiger charge is 2.52. The van der Waals surface area contributed by atoms with Gasteiger partial charge in [0.05, 0.1) is 11.2 Å². The van der Waals surface area contributed by atoms with Gasteiger partial charge in [0, 0.05) is 19.0 Å². The first-order chi connectivity index (χ1) is 10.5. The van der Waals surface area contributed by atoms with Crippen molar-refractivity contribution in [3.8, 4) is 0 Å². The largest absolute Gasteiger partial charge is 0.465 e. The molecule has 1 fully saturated rings. The first-order valence-corrected chi connectivity index (χ1v) is 9.43. The maximum absolute atomic E-state index is 11.8. The zero-order chi connectivity index (χ0) is 17.5. The molecule has 1 unspecified atom stereocenters. The van der Waals surface area contributed by atoms with Gasteiger partial charge in [0.1, 0.15) is 0 Å². The van der Waals surface area contributed by atoms with Crippen LogP contribution in [0.15, 0.2) is 17.4 Å². The fourth-order valence-corrected chi connectivity index (χ4v) is 3.93. The highest BCUT2D eigenvalue weighted by atomic mass is 32.2. The number of likely N-dealkylation sites (tertiary alicyclic amines) is 1. The van der Waals surface area contributed by atoms with E-state index in [1.165, 1.54) is 11.1 Å². The molecule has 1 aliphatic rings. The second-order valence-corrected chi connectivity index (χ2v) is 8.91. The lowest BCUT2D eigenvalue weighted by Gasteiger charge is -2.53. The average molecular weight is 341 g/mol. The Morgan fingerprint density at radius 2 is 2.00 bits per heavy atom. The van der Waals surface area contributed by atoms with Crippen LogP contribution in [0.4, 0.5) is 4.79 Å². The number of nitrogens with zero attached hydrogens (tertiary/aromatic N) is 3. The van der Waals surface area contributed by atoms with Gasteiger partial charge in [-0.25, -0.2) is 23.2 Å². The van der Waals surface area contributed by atoms with E-state index >= 15 is 0 Å². The molecule has 23 heavy (non-hydrogen) atoms. The number of carboxylic acid groups (broad SMARTS) is 1. The van der Waals surface area contributed by atoms with Crippen LogP contribution in [0.2, 0.25) is 0 Å². The van der Waals surface area contributed by atoms with E-state index in [1.807, 2.05) is 20.8 Å². The maximum Gasteiger partial charge on any atom is 0.408 e. The molecule has 0 aliphatic carbocycles. The Balaban J connectivity index is 2.71. The van der Waals surface area contributed by atoms with Crippen LogP contribution in [0.3, 0.4) is 0 Å².